The molecule has 1 heterocycles. The third-order valence-corrected chi connectivity index (χ3v) is 4.44. The first-order valence-electron chi connectivity index (χ1n) is 7.50. The molecule has 4 heteroatoms. The highest BCUT2D eigenvalue weighted by atomic mass is 79.9. The number of hydrogen-bond donors (Lipinski definition) is 1. The van der Waals surface area contributed by atoms with Gasteiger partial charge in [-0.1, -0.05) is 35.0 Å². The van der Waals surface area contributed by atoms with Gasteiger partial charge in [0.1, 0.15) is 0 Å². The van der Waals surface area contributed by atoms with Crippen LogP contribution in [0.3, 0.4) is 0 Å². The molecule has 0 saturated heterocycles. The van der Waals surface area contributed by atoms with Crippen LogP contribution >= 0.6 is 15.9 Å². The van der Waals surface area contributed by atoms with Crippen molar-refractivity contribution in [2.75, 3.05) is 6.54 Å². The molecule has 3 nitrogen and oxygen atoms in total. The highest BCUT2D eigenvalue weighted by molar-refractivity contribution is 9.10. The zero-order chi connectivity index (χ0) is 15.4. The quantitative estimate of drug-likeness (QED) is 0.851. The van der Waals surface area contributed by atoms with E-state index in [9.17, 15) is 0 Å². The average Bonchev–Trinajstić information content (AvgIpc) is 2.71. The second-order valence-corrected chi connectivity index (χ2v) is 6.46. The fourth-order valence-electron chi connectivity index (χ4n) is 2.75. The van der Waals surface area contributed by atoms with E-state index < -0.39 is 0 Å². The Labute approximate surface area is 135 Å². The van der Waals surface area contributed by atoms with Gasteiger partial charge in [-0.25, -0.2) is 0 Å². The fraction of sp³-hybridized carbons (Fsp3) is 0.471. The number of nitrogens with one attached hydrogen (secondary N) is 1. The zero-order valence-electron chi connectivity index (χ0n) is 13.3. The number of aryl methyl sites for hydroxylation is 2. The minimum atomic E-state index is 0.319. The van der Waals surface area contributed by atoms with Crippen LogP contribution in [-0.4, -0.2) is 16.3 Å². The topological polar surface area (TPSA) is 29.9 Å². The Morgan fingerprint density at radius 1 is 1.24 bits per heavy atom. The lowest BCUT2D eigenvalue weighted by Gasteiger charge is -2.20. The third-order valence-electron chi connectivity index (χ3n) is 3.91. The molecule has 0 aliphatic carbocycles. The predicted molar refractivity (Wildman–Crippen MR) is 91.6 cm³/mol. The van der Waals surface area contributed by atoms with Gasteiger partial charge in [0.25, 0.3) is 0 Å². The number of hydrogen-bond acceptors (Lipinski definition) is 2. The normalized spacial score (nSPS) is 12.6. The Morgan fingerprint density at radius 3 is 2.43 bits per heavy atom. The Bertz CT molecular complexity index is 587. The molecule has 1 atom stereocenters. The van der Waals surface area contributed by atoms with Crippen molar-refractivity contribution in [2.45, 2.75) is 39.7 Å². The van der Waals surface area contributed by atoms with Gasteiger partial charge >= 0.3 is 0 Å². The summed E-state index contributed by atoms with van der Waals surface area (Å²) in [6.07, 6.45) is 2.12. The molecule has 0 bridgehead atoms. The van der Waals surface area contributed by atoms with E-state index in [2.05, 4.69) is 71.4 Å². The standard InChI is InChI=1S/C17H24BrN3/c1-5-10-19-16(11-14-6-8-15(18)9-7-14)17-12(2)20-21(4)13(17)3/h6-9,16,19H,5,10-11H2,1-4H3. The third kappa shape index (κ3) is 3.95. The summed E-state index contributed by atoms with van der Waals surface area (Å²) in [5.74, 6) is 0. The lowest BCUT2D eigenvalue weighted by Crippen LogP contribution is -2.25. The first kappa shape index (κ1) is 16.2. The van der Waals surface area contributed by atoms with E-state index in [-0.39, 0.29) is 0 Å². The van der Waals surface area contributed by atoms with Crippen molar-refractivity contribution in [3.05, 3.63) is 51.3 Å². The number of nitrogens with zero attached hydrogens (tertiary/aromatic N) is 2. The second kappa shape index (κ2) is 7.23. The average molecular weight is 350 g/mol. The maximum absolute atomic E-state index is 4.56. The van der Waals surface area contributed by atoms with E-state index >= 15 is 0 Å². The summed E-state index contributed by atoms with van der Waals surface area (Å²) in [7, 11) is 2.02. The Hall–Kier alpha value is -1.13. The van der Waals surface area contributed by atoms with E-state index in [0.717, 1.165) is 29.6 Å². The molecule has 1 N–H and O–H groups in total. The zero-order valence-corrected chi connectivity index (χ0v) is 14.9. The maximum atomic E-state index is 4.56. The van der Waals surface area contributed by atoms with Crippen molar-refractivity contribution in [3.63, 3.8) is 0 Å². The number of halogens is 1. The Morgan fingerprint density at radius 2 is 1.90 bits per heavy atom. The molecule has 21 heavy (non-hydrogen) atoms. The lowest BCUT2D eigenvalue weighted by atomic mass is 9.97. The summed E-state index contributed by atoms with van der Waals surface area (Å²) >= 11 is 3.50. The van der Waals surface area contributed by atoms with Gasteiger partial charge in [-0.2, -0.15) is 5.10 Å². The number of aromatic nitrogens is 2. The fourth-order valence-corrected chi connectivity index (χ4v) is 3.01. The molecular weight excluding hydrogens is 326 g/mol. The summed E-state index contributed by atoms with van der Waals surface area (Å²) in [4.78, 5) is 0. The monoisotopic (exact) mass is 349 g/mol. The van der Waals surface area contributed by atoms with Gasteiger partial charge in [0.15, 0.2) is 0 Å². The minimum absolute atomic E-state index is 0.319. The molecule has 1 unspecified atom stereocenters. The summed E-state index contributed by atoms with van der Waals surface area (Å²) in [6, 6.07) is 8.90. The van der Waals surface area contributed by atoms with Crippen LogP contribution in [0.2, 0.25) is 0 Å². The van der Waals surface area contributed by atoms with Gasteiger partial charge < -0.3 is 5.32 Å². The molecule has 0 aliphatic rings. The highest BCUT2D eigenvalue weighted by Crippen LogP contribution is 2.25. The van der Waals surface area contributed by atoms with Gasteiger partial charge in [0, 0.05) is 28.8 Å². The van der Waals surface area contributed by atoms with Crippen LogP contribution in [0.25, 0.3) is 0 Å². The highest BCUT2D eigenvalue weighted by Gasteiger charge is 2.20. The summed E-state index contributed by atoms with van der Waals surface area (Å²) in [5.41, 5.74) is 5.06. The number of rotatable bonds is 6. The lowest BCUT2D eigenvalue weighted by molar-refractivity contribution is 0.524. The largest absolute Gasteiger partial charge is 0.310 e. The van der Waals surface area contributed by atoms with Gasteiger partial charge in [-0.15, -0.1) is 0 Å². The van der Waals surface area contributed by atoms with E-state index in [4.69, 9.17) is 0 Å². The van der Waals surface area contributed by atoms with Crippen LogP contribution in [0.1, 0.15) is 41.9 Å². The summed E-state index contributed by atoms with van der Waals surface area (Å²) in [5, 5.41) is 8.24. The van der Waals surface area contributed by atoms with E-state index in [1.54, 1.807) is 0 Å². The van der Waals surface area contributed by atoms with Crippen LogP contribution in [0.5, 0.6) is 0 Å². The van der Waals surface area contributed by atoms with Gasteiger partial charge in [-0.3, -0.25) is 4.68 Å². The minimum Gasteiger partial charge on any atom is -0.310 e. The molecule has 1 aromatic heterocycles. The van der Waals surface area contributed by atoms with Crippen molar-refractivity contribution in [1.82, 2.24) is 15.1 Å². The summed E-state index contributed by atoms with van der Waals surface area (Å²) in [6.45, 7) is 7.48. The first-order chi connectivity index (χ1) is 10.0. The van der Waals surface area contributed by atoms with Crippen LogP contribution in [0.15, 0.2) is 28.7 Å². The van der Waals surface area contributed by atoms with Gasteiger partial charge in [0.05, 0.1) is 5.69 Å². The molecule has 0 aliphatic heterocycles. The molecule has 2 aromatic rings. The molecule has 0 spiro atoms. The smallest absolute Gasteiger partial charge is 0.0644 e. The molecule has 114 valence electrons. The molecular formula is C17H24BrN3. The summed E-state index contributed by atoms with van der Waals surface area (Å²) < 4.78 is 3.10. The maximum Gasteiger partial charge on any atom is 0.0644 e. The van der Waals surface area contributed by atoms with Crippen molar-refractivity contribution in [2.24, 2.45) is 7.05 Å². The van der Waals surface area contributed by atoms with Crippen molar-refractivity contribution >= 4 is 15.9 Å². The van der Waals surface area contributed by atoms with Crippen LogP contribution in [0.4, 0.5) is 0 Å². The van der Waals surface area contributed by atoms with Crippen molar-refractivity contribution in [3.8, 4) is 0 Å². The van der Waals surface area contributed by atoms with E-state index in [1.807, 2.05) is 11.7 Å². The van der Waals surface area contributed by atoms with Gasteiger partial charge in [0.2, 0.25) is 0 Å². The number of benzene rings is 1. The predicted octanol–water partition coefficient (Wildman–Crippen LogP) is 4.08. The van der Waals surface area contributed by atoms with Crippen molar-refractivity contribution < 1.29 is 0 Å². The van der Waals surface area contributed by atoms with Crippen LogP contribution in [0, 0.1) is 13.8 Å². The molecule has 0 radical (unpaired) electrons. The van der Waals surface area contributed by atoms with E-state index in [0.29, 0.717) is 6.04 Å². The Balaban J connectivity index is 2.27. The first-order valence-corrected chi connectivity index (χ1v) is 8.30. The van der Waals surface area contributed by atoms with Gasteiger partial charge in [-0.05, 0) is 50.9 Å². The molecule has 0 fully saturated rings. The molecule has 0 saturated carbocycles. The second-order valence-electron chi connectivity index (χ2n) is 5.55. The molecule has 0 amide bonds. The SMILES string of the molecule is CCCNC(Cc1ccc(Br)cc1)c1c(C)nn(C)c1C. The van der Waals surface area contributed by atoms with Crippen LogP contribution in [-0.2, 0) is 13.5 Å². The van der Waals surface area contributed by atoms with Crippen LogP contribution < -0.4 is 5.32 Å². The Kier molecular flexibility index (Phi) is 5.59. The molecule has 1 aromatic carbocycles. The van der Waals surface area contributed by atoms with Crippen molar-refractivity contribution in [1.29, 1.82) is 0 Å². The van der Waals surface area contributed by atoms with E-state index in [1.165, 1.54) is 16.8 Å². The molecule has 2 rings (SSSR count).